The van der Waals surface area contributed by atoms with Gasteiger partial charge in [-0.1, -0.05) is 43.2 Å². The minimum atomic E-state index is 0.227. The van der Waals surface area contributed by atoms with E-state index in [4.69, 9.17) is 10.7 Å². The first-order valence-electron chi connectivity index (χ1n) is 8.77. The monoisotopic (exact) mass is 327 g/mol. The summed E-state index contributed by atoms with van der Waals surface area (Å²) in [5, 5.41) is 3.62. The van der Waals surface area contributed by atoms with Crippen molar-refractivity contribution in [1.29, 1.82) is 0 Å². The summed E-state index contributed by atoms with van der Waals surface area (Å²) < 4.78 is 0. The van der Waals surface area contributed by atoms with Gasteiger partial charge in [0.15, 0.2) is 0 Å². The lowest BCUT2D eigenvalue weighted by Crippen LogP contribution is -2.28. The second kappa shape index (κ2) is 6.71. The standard InChI is InChI=1S/C19H25N3S/c20-18-12-22(11-17(18)14-6-2-1-3-7-14)10-16-13-23-19(21-16)15-8-4-5-9-15/h1-3,6-7,13,15,17-18H,4-5,8-12,20H2/t17-,18+/m0/s1. The first-order chi connectivity index (χ1) is 11.3. The molecule has 1 saturated carbocycles. The molecule has 2 aliphatic rings. The van der Waals surface area contributed by atoms with E-state index in [9.17, 15) is 0 Å². The SMILES string of the molecule is N[C@@H]1CN(Cc2csc(C3CCCC3)n2)C[C@H]1c1ccccc1. The molecule has 1 aliphatic carbocycles. The fourth-order valence-electron chi connectivity index (χ4n) is 4.08. The van der Waals surface area contributed by atoms with E-state index in [2.05, 4.69) is 40.6 Å². The van der Waals surface area contributed by atoms with Gasteiger partial charge in [0.2, 0.25) is 0 Å². The van der Waals surface area contributed by atoms with Crippen LogP contribution in [0.5, 0.6) is 0 Å². The molecule has 0 bridgehead atoms. The van der Waals surface area contributed by atoms with Crippen LogP contribution in [0.1, 0.15) is 53.8 Å². The first-order valence-corrected chi connectivity index (χ1v) is 9.65. The predicted molar refractivity (Wildman–Crippen MR) is 95.8 cm³/mol. The molecule has 1 aromatic carbocycles. The Balaban J connectivity index is 1.40. The molecule has 122 valence electrons. The third kappa shape index (κ3) is 3.35. The highest BCUT2D eigenvalue weighted by atomic mass is 32.1. The molecule has 1 aromatic heterocycles. The lowest BCUT2D eigenvalue weighted by molar-refractivity contribution is 0.320. The maximum Gasteiger partial charge on any atom is 0.0959 e. The molecule has 4 rings (SSSR count). The van der Waals surface area contributed by atoms with Gasteiger partial charge in [-0.05, 0) is 18.4 Å². The van der Waals surface area contributed by atoms with Crippen molar-refractivity contribution in [2.45, 2.75) is 50.1 Å². The van der Waals surface area contributed by atoms with Crippen LogP contribution >= 0.6 is 11.3 Å². The van der Waals surface area contributed by atoms with Crippen LogP contribution in [0.15, 0.2) is 35.7 Å². The van der Waals surface area contributed by atoms with E-state index < -0.39 is 0 Å². The van der Waals surface area contributed by atoms with Gasteiger partial charge in [0, 0.05) is 42.9 Å². The Kier molecular flexibility index (Phi) is 4.47. The third-order valence-corrected chi connectivity index (χ3v) is 6.38. The molecule has 23 heavy (non-hydrogen) atoms. The average Bonchev–Trinajstić information content (AvgIpc) is 3.29. The molecule has 0 spiro atoms. The molecule has 2 heterocycles. The maximum absolute atomic E-state index is 6.40. The quantitative estimate of drug-likeness (QED) is 0.930. The second-order valence-electron chi connectivity index (χ2n) is 7.03. The van der Waals surface area contributed by atoms with Crippen LogP contribution in [0, 0.1) is 0 Å². The largest absolute Gasteiger partial charge is 0.326 e. The number of nitrogens with zero attached hydrogens (tertiary/aromatic N) is 2. The number of likely N-dealkylation sites (tertiary alicyclic amines) is 1. The van der Waals surface area contributed by atoms with E-state index in [-0.39, 0.29) is 6.04 Å². The number of rotatable bonds is 4. The van der Waals surface area contributed by atoms with Gasteiger partial charge in [0.25, 0.3) is 0 Å². The third-order valence-electron chi connectivity index (χ3n) is 5.33. The summed E-state index contributed by atoms with van der Waals surface area (Å²) in [6.07, 6.45) is 5.41. The van der Waals surface area contributed by atoms with Crippen molar-refractivity contribution >= 4 is 11.3 Å². The fraction of sp³-hybridized carbons (Fsp3) is 0.526. The Morgan fingerprint density at radius 2 is 1.91 bits per heavy atom. The number of hydrogen-bond donors (Lipinski definition) is 1. The van der Waals surface area contributed by atoms with Gasteiger partial charge in [-0.25, -0.2) is 4.98 Å². The van der Waals surface area contributed by atoms with Crippen LogP contribution < -0.4 is 5.73 Å². The van der Waals surface area contributed by atoms with Gasteiger partial charge in [0.1, 0.15) is 0 Å². The molecule has 2 atom stereocenters. The highest BCUT2D eigenvalue weighted by molar-refractivity contribution is 7.09. The zero-order valence-electron chi connectivity index (χ0n) is 13.5. The minimum absolute atomic E-state index is 0.227. The highest BCUT2D eigenvalue weighted by Crippen LogP contribution is 2.36. The van der Waals surface area contributed by atoms with E-state index >= 15 is 0 Å². The van der Waals surface area contributed by atoms with Crippen molar-refractivity contribution in [2.75, 3.05) is 13.1 Å². The second-order valence-corrected chi connectivity index (χ2v) is 7.92. The molecule has 2 N–H and O–H groups in total. The summed E-state index contributed by atoms with van der Waals surface area (Å²) >= 11 is 1.86. The van der Waals surface area contributed by atoms with E-state index in [1.165, 1.54) is 41.9 Å². The maximum atomic E-state index is 6.40. The van der Waals surface area contributed by atoms with Gasteiger partial charge in [-0.2, -0.15) is 0 Å². The molecule has 3 nitrogen and oxygen atoms in total. The van der Waals surface area contributed by atoms with Crippen LogP contribution in [0.25, 0.3) is 0 Å². The minimum Gasteiger partial charge on any atom is -0.326 e. The Bertz CT molecular complexity index is 633. The molecule has 2 fully saturated rings. The van der Waals surface area contributed by atoms with Crippen molar-refractivity contribution in [1.82, 2.24) is 9.88 Å². The Hall–Kier alpha value is -1.23. The highest BCUT2D eigenvalue weighted by Gasteiger charge is 2.31. The number of aromatic nitrogens is 1. The number of thiazole rings is 1. The Morgan fingerprint density at radius 3 is 2.70 bits per heavy atom. The van der Waals surface area contributed by atoms with E-state index in [0.29, 0.717) is 5.92 Å². The van der Waals surface area contributed by atoms with Crippen LogP contribution in [-0.2, 0) is 6.54 Å². The summed E-state index contributed by atoms with van der Waals surface area (Å²) in [7, 11) is 0. The van der Waals surface area contributed by atoms with Crippen LogP contribution in [0.3, 0.4) is 0 Å². The van der Waals surface area contributed by atoms with E-state index in [0.717, 1.165) is 25.6 Å². The normalized spacial score (nSPS) is 26.1. The molecular weight excluding hydrogens is 302 g/mol. The lowest BCUT2D eigenvalue weighted by Gasteiger charge is -2.15. The fourth-order valence-corrected chi connectivity index (χ4v) is 5.06. The van der Waals surface area contributed by atoms with Crippen molar-refractivity contribution in [3.05, 3.63) is 52.0 Å². The predicted octanol–water partition coefficient (Wildman–Crippen LogP) is 3.73. The molecule has 1 saturated heterocycles. The van der Waals surface area contributed by atoms with Crippen LogP contribution in [0.4, 0.5) is 0 Å². The van der Waals surface area contributed by atoms with Crippen molar-refractivity contribution in [3.63, 3.8) is 0 Å². The summed E-state index contributed by atoms with van der Waals surface area (Å²) in [6, 6.07) is 10.9. The number of benzene rings is 1. The topological polar surface area (TPSA) is 42.1 Å². The van der Waals surface area contributed by atoms with Gasteiger partial charge in [-0.15, -0.1) is 11.3 Å². The first kappa shape index (κ1) is 15.3. The molecule has 0 radical (unpaired) electrons. The smallest absolute Gasteiger partial charge is 0.0959 e. The van der Waals surface area contributed by atoms with Gasteiger partial charge in [-0.3, -0.25) is 4.90 Å². The van der Waals surface area contributed by atoms with Gasteiger partial charge in [0.05, 0.1) is 10.7 Å². The molecular formula is C19H25N3S. The van der Waals surface area contributed by atoms with Crippen molar-refractivity contribution in [2.24, 2.45) is 5.73 Å². The zero-order valence-corrected chi connectivity index (χ0v) is 14.3. The Morgan fingerprint density at radius 1 is 1.13 bits per heavy atom. The summed E-state index contributed by atoms with van der Waals surface area (Å²) in [4.78, 5) is 7.38. The molecule has 0 amide bonds. The summed E-state index contributed by atoms with van der Waals surface area (Å²) in [5.74, 6) is 1.18. The Labute approximate surface area is 142 Å². The zero-order chi connectivity index (χ0) is 15.6. The van der Waals surface area contributed by atoms with Gasteiger partial charge >= 0.3 is 0 Å². The molecule has 2 aromatic rings. The molecule has 1 aliphatic heterocycles. The van der Waals surface area contributed by atoms with Gasteiger partial charge < -0.3 is 5.73 Å². The van der Waals surface area contributed by atoms with Crippen molar-refractivity contribution in [3.8, 4) is 0 Å². The summed E-state index contributed by atoms with van der Waals surface area (Å²) in [5.41, 5.74) is 9.00. The number of hydrogen-bond acceptors (Lipinski definition) is 4. The van der Waals surface area contributed by atoms with E-state index in [1.807, 2.05) is 11.3 Å². The molecule has 4 heteroatoms. The van der Waals surface area contributed by atoms with Crippen LogP contribution in [0.2, 0.25) is 0 Å². The van der Waals surface area contributed by atoms with Crippen LogP contribution in [-0.4, -0.2) is 29.0 Å². The lowest BCUT2D eigenvalue weighted by atomic mass is 9.95. The number of nitrogens with two attached hydrogens (primary N) is 1. The summed E-state index contributed by atoms with van der Waals surface area (Å²) in [6.45, 7) is 2.96. The average molecular weight is 327 g/mol. The van der Waals surface area contributed by atoms with Crippen molar-refractivity contribution < 1.29 is 0 Å². The molecule has 0 unspecified atom stereocenters. The van der Waals surface area contributed by atoms with E-state index in [1.54, 1.807) is 0 Å².